The Morgan fingerprint density at radius 1 is 1.20 bits per heavy atom. The summed E-state index contributed by atoms with van der Waals surface area (Å²) < 4.78 is 0. The molecule has 1 aliphatic heterocycles. The van der Waals surface area contributed by atoms with Crippen molar-refractivity contribution in [2.24, 2.45) is 11.8 Å². The van der Waals surface area contributed by atoms with Crippen molar-refractivity contribution in [1.29, 1.82) is 0 Å². The van der Waals surface area contributed by atoms with Crippen LogP contribution in [0.2, 0.25) is 5.02 Å². The van der Waals surface area contributed by atoms with Crippen molar-refractivity contribution in [3.63, 3.8) is 0 Å². The van der Waals surface area contributed by atoms with E-state index in [1.807, 2.05) is 13.1 Å². The minimum atomic E-state index is 0.847. The number of benzene rings is 1. The van der Waals surface area contributed by atoms with Crippen LogP contribution in [0.1, 0.15) is 37.7 Å². The van der Waals surface area contributed by atoms with Crippen LogP contribution >= 0.6 is 11.6 Å². The predicted octanol–water partition coefficient (Wildman–Crippen LogP) is 4.08. The normalized spacial score (nSPS) is 26.4. The van der Waals surface area contributed by atoms with E-state index in [0.29, 0.717) is 0 Å². The Labute approximate surface area is 127 Å². The van der Waals surface area contributed by atoms with E-state index in [1.54, 1.807) is 0 Å². The van der Waals surface area contributed by atoms with Crippen LogP contribution in [0.15, 0.2) is 18.2 Å². The maximum atomic E-state index is 6.40. The summed E-state index contributed by atoms with van der Waals surface area (Å²) in [5.41, 5.74) is 2.60. The third-order valence-electron chi connectivity index (χ3n) is 5.08. The Bertz CT molecular complexity index is 460. The van der Waals surface area contributed by atoms with Crippen LogP contribution in [-0.4, -0.2) is 20.1 Å². The predicted molar refractivity (Wildman–Crippen MR) is 86.5 cm³/mol. The highest BCUT2D eigenvalue weighted by Crippen LogP contribution is 2.39. The summed E-state index contributed by atoms with van der Waals surface area (Å²) in [6, 6.07) is 6.33. The van der Waals surface area contributed by atoms with Crippen LogP contribution < -0.4 is 10.2 Å². The number of nitrogens with zero attached hydrogens (tertiary/aromatic N) is 1. The number of hydrogen-bond acceptors (Lipinski definition) is 2. The zero-order valence-corrected chi connectivity index (χ0v) is 13.1. The van der Waals surface area contributed by atoms with Crippen molar-refractivity contribution < 1.29 is 0 Å². The van der Waals surface area contributed by atoms with Gasteiger partial charge in [0.05, 0.1) is 0 Å². The first-order valence-corrected chi connectivity index (χ1v) is 8.34. The molecular formula is C17H25ClN2. The third kappa shape index (κ3) is 2.82. The molecule has 1 aromatic carbocycles. The molecule has 2 unspecified atom stereocenters. The molecule has 0 spiro atoms. The minimum Gasteiger partial charge on any atom is -0.371 e. The molecule has 1 heterocycles. The van der Waals surface area contributed by atoms with Crippen LogP contribution in [0.3, 0.4) is 0 Å². The fourth-order valence-corrected chi connectivity index (χ4v) is 4.25. The second kappa shape index (κ2) is 6.36. The third-order valence-corrected chi connectivity index (χ3v) is 5.43. The number of rotatable bonds is 3. The van der Waals surface area contributed by atoms with E-state index in [0.717, 1.165) is 23.4 Å². The number of piperidine rings is 1. The Kier molecular flexibility index (Phi) is 4.52. The average Bonchev–Trinajstić information content (AvgIpc) is 2.49. The molecule has 0 amide bonds. The Hall–Kier alpha value is -0.730. The van der Waals surface area contributed by atoms with Gasteiger partial charge in [-0.25, -0.2) is 0 Å². The van der Waals surface area contributed by atoms with E-state index in [1.165, 1.54) is 56.4 Å². The molecule has 110 valence electrons. The van der Waals surface area contributed by atoms with Crippen LogP contribution in [0.4, 0.5) is 5.69 Å². The first-order chi connectivity index (χ1) is 9.79. The van der Waals surface area contributed by atoms with E-state index in [9.17, 15) is 0 Å². The fourth-order valence-electron chi connectivity index (χ4n) is 4.01. The smallest absolute Gasteiger partial charge is 0.0471 e. The number of nitrogens with one attached hydrogen (secondary N) is 1. The topological polar surface area (TPSA) is 15.3 Å². The largest absolute Gasteiger partial charge is 0.371 e. The molecule has 0 radical (unpaired) electrons. The quantitative estimate of drug-likeness (QED) is 0.903. The second-order valence-corrected chi connectivity index (χ2v) is 6.71. The molecule has 1 saturated carbocycles. The molecule has 1 aliphatic carbocycles. The lowest BCUT2D eigenvalue weighted by Gasteiger charge is -2.43. The summed E-state index contributed by atoms with van der Waals surface area (Å²) in [5.74, 6) is 1.88. The highest BCUT2D eigenvalue weighted by molar-refractivity contribution is 6.31. The summed E-state index contributed by atoms with van der Waals surface area (Å²) in [5, 5.41) is 4.14. The molecule has 2 nitrogen and oxygen atoms in total. The number of fused-ring (bicyclic) bond motifs is 1. The Morgan fingerprint density at radius 3 is 2.80 bits per heavy atom. The van der Waals surface area contributed by atoms with Crippen LogP contribution in [0.25, 0.3) is 0 Å². The molecule has 2 atom stereocenters. The summed E-state index contributed by atoms with van der Waals surface area (Å²) in [4.78, 5) is 2.57. The first-order valence-electron chi connectivity index (χ1n) is 7.96. The van der Waals surface area contributed by atoms with Crippen molar-refractivity contribution in [2.45, 2.75) is 38.6 Å². The van der Waals surface area contributed by atoms with Gasteiger partial charge in [0.25, 0.3) is 0 Å². The van der Waals surface area contributed by atoms with Crippen molar-refractivity contribution in [1.82, 2.24) is 5.32 Å². The lowest BCUT2D eigenvalue weighted by atomic mass is 9.75. The number of anilines is 1. The lowest BCUT2D eigenvalue weighted by molar-refractivity contribution is 0.202. The van der Waals surface area contributed by atoms with Gasteiger partial charge in [0, 0.05) is 35.9 Å². The maximum absolute atomic E-state index is 6.40. The Morgan fingerprint density at radius 2 is 2.00 bits per heavy atom. The summed E-state index contributed by atoms with van der Waals surface area (Å²) >= 11 is 6.40. The van der Waals surface area contributed by atoms with Crippen LogP contribution in [-0.2, 0) is 6.54 Å². The van der Waals surface area contributed by atoms with Crippen LogP contribution in [0.5, 0.6) is 0 Å². The van der Waals surface area contributed by atoms with Crippen molar-refractivity contribution in [3.05, 3.63) is 28.8 Å². The first kappa shape index (κ1) is 14.2. The van der Waals surface area contributed by atoms with E-state index in [4.69, 9.17) is 11.6 Å². The lowest BCUT2D eigenvalue weighted by Crippen LogP contribution is -2.42. The van der Waals surface area contributed by atoms with Gasteiger partial charge in [-0.2, -0.15) is 0 Å². The zero-order chi connectivity index (χ0) is 13.9. The molecule has 1 N–H and O–H groups in total. The summed E-state index contributed by atoms with van der Waals surface area (Å²) in [6.45, 7) is 3.26. The van der Waals surface area contributed by atoms with Gasteiger partial charge >= 0.3 is 0 Å². The molecule has 1 saturated heterocycles. The number of halogens is 1. The van der Waals surface area contributed by atoms with E-state index >= 15 is 0 Å². The van der Waals surface area contributed by atoms with Crippen molar-refractivity contribution in [2.75, 3.05) is 25.0 Å². The molecule has 3 heteroatoms. The SMILES string of the molecule is CNCc1c(Cl)cccc1N1CCC2CCCCC2C1. The summed E-state index contributed by atoms with van der Waals surface area (Å²) in [7, 11) is 1.99. The van der Waals surface area contributed by atoms with Gasteiger partial charge in [-0.3, -0.25) is 0 Å². The number of hydrogen-bond donors (Lipinski definition) is 1. The van der Waals surface area contributed by atoms with Gasteiger partial charge in [-0.05, 0) is 43.9 Å². The van der Waals surface area contributed by atoms with E-state index in [2.05, 4.69) is 22.3 Å². The van der Waals surface area contributed by atoms with E-state index < -0.39 is 0 Å². The molecule has 0 bridgehead atoms. The Balaban J connectivity index is 1.81. The second-order valence-electron chi connectivity index (χ2n) is 6.31. The standard InChI is InChI=1S/C17H25ClN2/c1-19-11-15-16(18)7-4-8-17(15)20-10-9-13-5-2-3-6-14(13)12-20/h4,7-8,13-14,19H,2-3,5-6,9-12H2,1H3. The van der Waals surface area contributed by atoms with Gasteiger partial charge in [-0.1, -0.05) is 36.9 Å². The van der Waals surface area contributed by atoms with Crippen molar-refractivity contribution >= 4 is 17.3 Å². The molecule has 2 fully saturated rings. The molecule has 20 heavy (non-hydrogen) atoms. The highest BCUT2D eigenvalue weighted by Gasteiger charge is 2.31. The average molecular weight is 293 g/mol. The molecular weight excluding hydrogens is 268 g/mol. The highest BCUT2D eigenvalue weighted by atomic mass is 35.5. The van der Waals surface area contributed by atoms with Gasteiger partial charge in [0.2, 0.25) is 0 Å². The zero-order valence-electron chi connectivity index (χ0n) is 12.4. The maximum Gasteiger partial charge on any atom is 0.0471 e. The monoisotopic (exact) mass is 292 g/mol. The molecule has 2 aliphatic rings. The minimum absolute atomic E-state index is 0.847. The molecule has 3 rings (SSSR count). The van der Waals surface area contributed by atoms with E-state index in [-0.39, 0.29) is 0 Å². The van der Waals surface area contributed by atoms with Gasteiger partial charge < -0.3 is 10.2 Å². The summed E-state index contributed by atoms with van der Waals surface area (Å²) in [6.07, 6.45) is 7.11. The molecule has 1 aromatic rings. The fraction of sp³-hybridized carbons (Fsp3) is 0.647. The molecule has 0 aromatic heterocycles. The van der Waals surface area contributed by atoms with Gasteiger partial charge in [0.1, 0.15) is 0 Å². The van der Waals surface area contributed by atoms with Crippen LogP contribution in [0, 0.1) is 11.8 Å². The van der Waals surface area contributed by atoms with Gasteiger partial charge in [-0.15, -0.1) is 0 Å². The van der Waals surface area contributed by atoms with Gasteiger partial charge in [0.15, 0.2) is 0 Å². The van der Waals surface area contributed by atoms with Crippen molar-refractivity contribution in [3.8, 4) is 0 Å².